The van der Waals surface area contributed by atoms with E-state index in [1.54, 1.807) is 0 Å². The number of nitrogens with zero attached hydrogens (tertiary/aromatic N) is 1. The standard InChI is InChI=1S/C10H14N2.2ClH/c1-11-9-5-2-6-10-8(9)4-3-7-12-10;;/h3-4,7,9,11H,2,5-6H2,1H3;2*1H. The third-order valence-corrected chi connectivity index (χ3v) is 2.56. The van der Waals surface area contributed by atoms with Gasteiger partial charge in [0.05, 0.1) is 0 Å². The molecule has 0 amide bonds. The highest BCUT2D eigenvalue weighted by atomic mass is 35.5. The second-order valence-electron chi connectivity index (χ2n) is 3.27. The van der Waals surface area contributed by atoms with Crippen LogP contribution in [0, 0.1) is 0 Å². The van der Waals surface area contributed by atoms with E-state index in [9.17, 15) is 0 Å². The minimum absolute atomic E-state index is 0. The average molecular weight is 235 g/mol. The van der Waals surface area contributed by atoms with Gasteiger partial charge in [-0.3, -0.25) is 4.98 Å². The SMILES string of the molecule is CNC1CCCc2ncccc21.Cl.Cl. The zero-order valence-corrected chi connectivity index (χ0v) is 9.83. The van der Waals surface area contributed by atoms with Crippen LogP contribution >= 0.6 is 24.8 Å². The Labute approximate surface area is 97.3 Å². The lowest BCUT2D eigenvalue weighted by Gasteiger charge is -2.23. The van der Waals surface area contributed by atoms with Gasteiger partial charge in [-0.2, -0.15) is 0 Å². The molecule has 0 saturated heterocycles. The molecule has 0 aromatic carbocycles. The van der Waals surface area contributed by atoms with Crippen LogP contribution in [0.4, 0.5) is 0 Å². The van der Waals surface area contributed by atoms with E-state index < -0.39 is 0 Å². The van der Waals surface area contributed by atoms with Crippen LogP contribution in [0.25, 0.3) is 0 Å². The Morgan fingerprint density at radius 3 is 2.93 bits per heavy atom. The highest BCUT2D eigenvalue weighted by Gasteiger charge is 2.18. The Kier molecular flexibility index (Phi) is 6.09. The van der Waals surface area contributed by atoms with Crippen molar-refractivity contribution < 1.29 is 0 Å². The molecule has 1 aliphatic rings. The molecule has 4 heteroatoms. The van der Waals surface area contributed by atoms with E-state index in [1.165, 1.54) is 24.1 Å². The summed E-state index contributed by atoms with van der Waals surface area (Å²) in [5.74, 6) is 0. The molecule has 80 valence electrons. The van der Waals surface area contributed by atoms with Gasteiger partial charge >= 0.3 is 0 Å². The van der Waals surface area contributed by atoms with Gasteiger partial charge in [-0.05, 0) is 37.9 Å². The third kappa shape index (κ3) is 2.59. The maximum atomic E-state index is 4.38. The first kappa shape index (κ1) is 13.7. The van der Waals surface area contributed by atoms with Crippen molar-refractivity contribution in [1.29, 1.82) is 0 Å². The smallest absolute Gasteiger partial charge is 0.0451 e. The zero-order valence-electron chi connectivity index (χ0n) is 8.19. The number of hydrogen-bond acceptors (Lipinski definition) is 2. The van der Waals surface area contributed by atoms with Crippen molar-refractivity contribution >= 4 is 24.8 Å². The highest BCUT2D eigenvalue weighted by molar-refractivity contribution is 5.85. The van der Waals surface area contributed by atoms with Crippen molar-refractivity contribution in [2.24, 2.45) is 0 Å². The van der Waals surface area contributed by atoms with Crippen LogP contribution in [-0.4, -0.2) is 12.0 Å². The molecule has 2 rings (SSSR count). The van der Waals surface area contributed by atoms with Crippen LogP contribution in [0.3, 0.4) is 0 Å². The molecule has 0 radical (unpaired) electrons. The number of halogens is 2. The summed E-state index contributed by atoms with van der Waals surface area (Å²) in [5.41, 5.74) is 2.68. The maximum absolute atomic E-state index is 4.38. The number of pyridine rings is 1. The Bertz CT molecular complexity index is 279. The number of nitrogens with one attached hydrogen (secondary N) is 1. The van der Waals surface area contributed by atoms with Crippen LogP contribution in [0.1, 0.15) is 30.1 Å². The third-order valence-electron chi connectivity index (χ3n) is 2.56. The molecule has 1 aromatic rings. The molecule has 0 spiro atoms. The van der Waals surface area contributed by atoms with E-state index in [1.807, 2.05) is 19.3 Å². The monoisotopic (exact) mass is 234 g/mol. The molecule has 1 heterocycles. The molecule has 0 bridgehead atoms. The highest BCUT2D eigenvalue weighted by Crippen LogP contribution is 2.27. The quantitative estimate of drug-likeness (QED) is 0.809. The van der Waals surface area contributed by atoms with Gasteiger partial charge in [0.1, 0.15) is 0 Å². The van der Waals surface area contributed by atoms with Crippen LogP contribution in [0.2, 0.25) is 0 Å². The second kappa shape index (κ2) is 6.23. The van der Waals surface area contributed by atoms with Crippen molar-refractivity contribution in [3.63, 3.8) is 0 Å². The molecule has 1 unspecified atom stereocenters. The predicted molar refractivity (Wildman–Crippen MR) is 63.5 cm³/mol. The van der Waals surface area contributed by atoms with Crippen molar-refractivity contribution in [2.45, 2.75) is 25.3 Å². The van der Waals surface area contributed by atoms with Crippen molar-refractivity contribution in [3.05, 3.63) is 29.6 Å². The number of fused-ring (bicyclic) bond motifs is 1. The van der Waals surface area contributed by atoms with Crippen LogP contribution in [-0.2, 0) is 6.42 Å². The molecule has 1 N–H and O–H groups in total. The van der Waals surface area contributed by atoms with Gasteiger partial charge in [0.15, 0.2) is 0 Å². The van der Waals surface area contributed by atoms with E-state index in [2.05, 4.69) is 16.4 Å². The lowest BCUT2D eigenvalue weighted by molar-refractivity contribution is 0.490. The fourth-order valence-corrected chi connectivity index (χ4v) is 1.91. The van der Waals surface area contributed by atoms with Gasteiger partial charge in [0, 0.05) is 17.9 Å². The maximum Gasteiger partial charge on any atom is 0.0451 e. The van der Waals surface area contributed by atoms with Gasteiger partial charge in [-0.1, -0.05) is 6.07 Å². The normalized spacial score (nSPS) is 18.8. The first-order valence-corrected chi connectivity index (χ1v) is 4.53. The summed E-state index contributed by atoms with van der Waals surface area (Å²) in [7, 11) is 2.02. The molecule has 14 heavy (non-hydrogen) atoms. The Balaban J connectivity index is 0.000000845. The number of aryl methyl sites for hydroxylation is 1. The molecule has 0 fully saturated rings. The summed E-state index contributed by atoms with van der Waals surface area (Å²) in [5, 5.41) is 3.32. The first-order valence-electron chi connectivity index (χ1n) is 4.53. The summed E-state index contributed by atoms with van der Waals surface area (Å²) in [4.78, 5) is 4.38. The molecule has 0 saturated carbocycles. The van der Waals surface area contributed by atoms with Gasteiger partial charge in [0.2, 0.25) is 0 Å². The van der Waals surface area contributed by atoms with Crippen molar-refractivity contribution in [2.75, 3.05) is 7.05 Å². The van der Waals surface area contributed by atoms with E-state index >= 15 is 0 Å². The molecular formula is C10H16Cl2N2. The summed E-state index contributed by atoms with van der Waals surface area (Å²) in [6.45, 7) is 0. The summed E-state index contributed by atoms with van der Waals surface area (Å²) >= 11 is 0. The fourth-order valence-electron chi connectivity index (χ4n) is 1.91. The van der Waals surface area contributed by atoms with Crippen LogP contribution < -0.4 is 5.32 Å². The van der Waals surface area contributed by atoms with E-state index in [0.717, 1.165) is 6.42 Å². The van der Waals surface area contributed by atoms with E-state index in [-0.39, 0.29) is 24.8 Å². The summed E-state index contributed by atoms with van der Waals surface area (Å²) < 4.78 is 0. The van der Waals surface area contributed by atoms with Gasteiger partial charge in [-0.25, -0.2) is 0 Å². The first-order chi connectivity index (χ1) is 5.92. The van der Waals surface area contributed by atoms with Crippen LogP contribution in [0.5, 0.6) is 0 Å². The van der Waals surface area contributed by atoms with E-state index in [4.69, 9.17) is 0 Å². The largest absolute Gasteiger partial charge is 0.313 e. The Morgan fingerprint density at radius 1 is 1.43 bits per heavy atom. The average Bonchev–Trinajstić information content (AvgIpc) is 2.17. The molecule has 1 atom stereocenters. The van der Waals surface area contributed by atoms with E-state index in [0.29, 0.717) is 6.04 Å². The van der Waals surface area contributed by atoms with Crippen molar-refractivity contribution in [3.8, 4) is 0 Å². The molecule has 2 nitrogen and oxygen atoms in total. The van der Waals surface area contributed by atoms with Gasteiger partial charge < -0.3 is 5.32 Å². The topological polar surface area (TPSA) is 24.9 Å². The van der Waals surface area contributed by atoms with Crippen LogP contribution in [0.15, 0.2) is 18.3 Å². The zero-order chi connectivity index (χ0) is 8.39. The molecule has 1 aromatic heterocycles. The van der Waals surface area contributed by atoms with Crippen molar-refractivity contribution in [1.82, 2.24) is 10.3 Å². The molecule has 0 aliphatic heterocycles. The Hall–Kier alpha value is -0.310. The lowest BCUT2D eigenvalue weighted by atomic mass is 9.91. The predicted octanol–water partition coefficient (Wildman–Crippen LogP) is 2.52. The fraction of sp³-hybridized carbons (Fsp3) is 0.500. The second-order valence-corrected chi connectivity index (χ2v) is 3.27. The summed E-state index contributed by atoms with van der Waals surface area (Å²) in [6.07, 6.45) is 5.54. The molecule has 1 aliphatic carbocycles. The molecular weight excluding hydrogens is 219 g/mol. The minimum atomic E-state index is 0. The minimum Gasteiger partial charge on any atom is -0.313 e. The number of aromatic nitrogens is 1. The van der Waals surface area contributed by atoms with Gasteiger partial charge in [-0.15, -0.1) is 24.8 Å². The summed E-state index contributed by atoms with van der Waals surface area (Å²) in [6, 6.07) is 4.74. The number of rotatable bonds is 1. The number of hydrogen-bond donors (Lipinski definition) is 1. The Morgan fingerprint density at radius 2 is 2.21 bits per heavy atom. The lowest BCUT2D eigenvalue weighted by Crippen LogP contribution is -2.22. The van der Waals surface area contributed by atoms with Gasteiger partial charge in [0.25, 0.3) is 0 Å².